The second-order valence-corrected chi connectivity index (χ2v) is 16.2. The van der Waals surface area contributed by atoms with E-state index in [4.69, 9.17) is 14.4 Å². The van der Waals surface area contributed by atoms with Crippen molar-refractivity contribution in [1.82, 2.24) is 14.5 Å². The van der Waals surface area contributed by atoms with Gasteiger partial charge in [0.25, 0.3) is 0 Å². The average Bonchev–Trinajstić information content (AvgIpc) is 3.98. The summed E-state index contributed by atoms with van der Waals surface area (Å²) in [5.41, 5.74) is 13.7. The van der Waals surface area contributed by atoms with Crippen LogP contribution in [0.2, 0.25) is 0 Å². The zero-order chi connectivity index (χ0) is 36.2. The molecular formula is C50H28N4OS. The molecule has 0 spiro atoms. The van der Waals surface area contributed by atoms with Crippen molar-refractivity contribution in [1.29, 1.82) is 0 Å². The predicted molar refractivity (Wildman–Crippen MR) is 231 cm³/mol. The molecule has 0 radical (unpaired) electrons. The molecule has 0 saturated heterocycles. The van der Waals surface area contributed by atoms with Crippen LogP contribution >= 0.6 is 11.3 Å². The SMILES string of the molecule is C1=CC2C3c4c(cccc4N2c2nc(-c4cccc5c4oc4ccccc45)c4c(n2)sc2ccccc24)-c2cccc4ccc5c(c3c1n5-c1ccccc1)c24. The van der Waals surface area contributed by atoms with Crippen molar-refractivity contribution in [3.8, 4) is 28.1 Å². The Morgan fingerprint density at radius 2 is 1.38 bits per heavy atom. The van der Waals surface area contributed by atoms with Crippen molar-refractivity contribution < 1.29 is 4.42 Å². The normalized spacial score (nSPS) is 16.5. The maximum absolute atomic E-state index is 6.67. The molecule has 260 valence electrons. The van der Waals surface area contributed by atoms with E-state index in [2.05, 4.69) is 155 Å². The lowest BCUT2D eigenvalue weighted by atomic mass is 9.82. The van der Waals surface area contributed by atoms with Crippen LogP contribution in [0.1, 0.15) is 22.7 Å². The molecule has 56 heavy (non-hydrogen) atoms. The highest BCUT2D eigenvalue weighted by Gasteiger charge is 2.47. The average molecular weight is 733 g/mol. The Labute approximate surface area is 324 Å². The molecule has 4 aromatic heterocycles. The molecule has 14 rings (SSSR count). The lowest BCUT2D eigenvalue weighted by Gasteiger charge is -2.29. The Kier molecular flexibility index (Phi) is 5.44. The highest BCUT2D eigenvalue weighted by molar-refractivity contribution is 7.25. The van der Waals surface area contributed by atoms with Gasteiger partial charge in [0, 0.05) is 54.5 Å². The topological polar surface area (TPSA) is 47.1 Å². The molecule has 11 aromatic rings. The van der Waals surface area contributed by atoms with E-state index >= 15 is 0 Å². The van der Waals surface area contributed by atoms with Crippen LogP contribution < -0.4 is 4.90 Å². The molecule has 0 amide bonds. The number of furan rings is 1. The number of para-hydroxylation sites is 3. The van der Waals surface area contributed by atoms with Gasteiger partial charge in [0.2, 0.25) is 5.95 Å². The van der Waals surface area contributed by atoms with Crippen LogP contribution in [-0.4, -0.2) is 20.6 Å². The minimum absolute atomic E-state index is 0.0280. The van der Waals surface area contributed by atoms with E-state index in [-0.39, 0.29) is 12.0 Å². The molecule has 5 nitrogen and oxygen atoms in total. The Hall–Kier alpha value is -7.02. The Balaban J connectivity index is 1.08. The monoisotopic (exact) mass is 732 g/mol. The largest absolute Gasteiger partial charge is 0.455 e. The summed E-state index contributed by atoms with van der Waals surface area (Å²) in [5.74, 6) is 0.785. The lowest BCUT2D eigenvalue weighted by molar-refractivity contribution is 0.670. The van der Waals surface area contributed by atoms with Gasteiger partial charge in [-0.25, -0.2) is 9.97 Å². The molecule has 7 aromatic carbocycles. The summed E-state index contributed by atoms with van der Waals surface area (Å²) in [5, 5.41) is 8.38. The van der Waals surface area contributed by atoms with E-state index in [1.54, 1.807) is 11.3 Å². The number of hydrogen-bond donors (Lipinski definition) is 0. The van der Waals surface area contributed by atoms with Gasteiger partial charge in [-0.15, -0.1) is 11.3 Å². The molecule has 6 heteroatoms. The van der Waals surface area contributed by atoms with Crippen LogP contribution in [0.15, 0.2) is 156 Å². The molecule has 0 fully saturated rings. The number of benzene rings is 7. The summed E-state index contributed by atoms with van der Waals surface area (Å²) in [7, 11) is 0. The number of hydrogen-bond acceptors (Lipinski definition) is 5. The minimum atomic E-state index is -0.0280. The van der Waals surface area contributed by atoms with E-state index in [0.717, 1.165) is 54.5 Å². The first-order chi connectivity index (χ1) is 27.8. The molecule has 5 heterocycles. The van der Waals surface area contributed by atoms with Crippen LogP contribution in [0.25, 0.3) is 98.1 Å². The van der Waals surface area contributed by atoms with Gasteiger partial charge >= 0.3 is 0 Å². The van der Waals surface area contributed by atoms with E-state index < -0.39 is 0 Å². The Bertz CT molecular complexity index is 3570. The second kappa shape index (κ2) is 10.4. The van der Waals surface area contributed by atoms with Gasteiger partial charge in [-0.2, -0.15) is 0 Å². The van der Waals surface area contributed by atoms with Gasteiger partial charge in [-0.1, -0.05) is 109 Å². The zero-order valence-corrected chi connectivity index (χ0v) is 30.6. The maximum Gasteiger partial charge on any atom is 0.232 e. The molecular weight excluding hydrogens is 705 g/mol. The van der Waals surface area contributed by atoms with E-state index in [9.17, 15) is 0 Å². The van der Waals surface area contributed by atoms with Crippen LogP contribution in [0, 0.1) is 0 Å². The quantitative estimate of drug-likeness (QED) is 0.181. The van der Waals surface area contributed by atoms with Gasteiger partial charge in [0.15, 0.2) is 0 Å². The van der Waals surface area contributed by atoms with Crippen LogP contribution in [0.3, 0.4) is 0 Å². The Morgan fingerprint density at radius 3 is 2.32 bits per heavy atom. The molecule has 3 aliphatic rings. The molecule has 2 aliphatic carbocycles. The van der Waals surface area contributed by atoms with Gasteiger partial charge in [-0.3, -0.25) is 0 Å². The number of fused-ring (bicyclic) bond motifs is 7. The third kappa shape index (κ3) is 3.56. The predicted octanol–water partition coefficient (Wildman–Crippen LogP) is 13.2. The second-order valence-electron chi connectivity index (χ2n) is 15.2. The van der Waals surface area contributed by atoms with Gasteiger partial charge in [-0.05, 0) is 81.6 Å². The summed E-state index contributed by atoms with van der Waals surface area (Å²) < 4.78 is 10.3. The van der Waals surface area contributed by atoms with Crippen LogP contribution in [-0.2, 0) is 0 Å². The highest BCUT2D eigenvalue weighted by Crippen LogP contribution is 2.60. The van der Waals surface area contributed by atoms with Crippen molar-refractivity contribution in [2.45, 2.75) is 12.0 Å². The van der Waals surface area contributed by atoms with Crippen LogP contribution in [0.4, 0.5) is 11.6 Å². The third-order valence-electron chi connectivity index (χ3n) is 12.5. The minimum Gasteiger partial charge on any atom is -0.455 e. The first-order valence-corrected chi connectivity index (χ1v) is 20.0. The van der Waals surface area contributed by atoms with Gasteiger partial charge in [0.05, 0.1) is 22.9 Å². The van der Waals surface area contributed by atoms with Crippen molar-refractivity contribution in [3.63, 3.8) is 0 Å². The van der Waals surface area contributed by atoms with E-state index in [0.29, 0.717) is 5.95 Å². The fourth-order valence-electron chi connectivity index (χ4n) is 10.4. The summed E-state index contributed by atoms with van der Waals surface area (Å²) in [6, 6.07) is 52.4. The molecule has 0 saturated carbocycles. The molecule has 0 bridgehead atoms. The highest BCUT2D eigenvalue weighted by atomic mass is 32.1. The molecule has 1 aliphatic heterocycles. The third-order valence-corrected chi connectivity index (χ3v) is 13.6. The molecule has 2 unspecified atom stereocenters. The van der Waals surface area contributed by atoms with E-state index in [1.807, 2.05) is 12.1 Å². The maximum atomic E-state index is 6.67. The number of aromatic nitrogens is 3. The number of thiophene rings is 1. The van der Waals surface area contributed by atoms with Gasteiger partial charge in [0.1, 0.15) is 16.0 Å². The first kappa shape index (κ1) is 29.4. The summed E-state index contributed by atoms with van der Waals surface area (Å²) in [6.07, 6.45) is 4.76. The van der Waals surface area contributed by atoms with Crippen molar-refractivity contribution in [2.24, 2.45) is 0 Å². The number of rotatable bonds is 3. The zero-order valence-electron chi connectivity index (χ0n) is 29.8. The fourth-order valence-corrected chi connectivity index (χ4v) is 11.4. The standard InChI is InChI=1S/C50H28N4OS/c1-2-12-28(13-3-1)53-36-24-23-27-11-8-16-30-31-17-10-20-35-42(31)45-38(26-25-37(53)46(45)44(36)41(27)30)54(35)50-51-47(43-33-15-5-7-22-40(33)56-49(43)52-50)34-19-9-18-32-29-14-4-6-21-39(29)55-48(32)34/h1-26,38,45H. The van der Waals surface area contributed by atoms with Gasteiger partial charge < -0.3 is 13.9 Å². The summed E-state index contributed by atoms with van der Waals surface area (Å²) in [4.78, 5) is 14.6. The fraction of sp³-hybridized carbons (Fsp3) is 0.0400. The van der Waals surface area contributed by atoms with Crippen molar-refractivity contribution >= 4 is 93.0 Å². The smallest absolute Gasteiger partial charge is 0.232 e. The first-order valence-electron chi connectivity index (χ1n) is 19.2. The number of nitrogens with zero attached hydrogens (tertiary/aromatic N) is 4. The lowest BCUT2D eigenvalue weighted by Crippen LogP contribution is -2.32. The summed E-state index contributed by atoms with van der Waals surface area (Å²) in [6.45, 7) is 0. The van der Waals surface area contributed by atoms with Crippen molar-refractivity contribution in [3.05, 3.63) is 168 Å². The van der Waals surface area contributed by atoms with Crippen molar-refractivity contribution in [2.75, 3.05) is 4.90 Å². The number of anilines is 2. The van der Waals surface area contributed by atoms with E-state index in [1.165, 1.54) is 60.0 Å². The Morgan fingerprint density at radius 1 is 0.589 bits per heavy atom. The van der Waals surface area contributed by atoms with Crippen LogP contribution in [0.5, 0.6) is 0 Å². The summed E-state index contributed by atoms with van der Waals surface area (Å²) >= 11 is 1.74. The molecule has 2 atom stereocenters. The molecule has 0 N–H and O–H groups in total.